The predicted molar refractivity (Wildman–Crippen MR) is 143 cm³/mol. The first-order chi connectivity index (χ1) is 17.4. The normalized spacial score (nSPS) is 30.0. The Labute approximate surface area is 222 Å². The number of carbonyl (C=O) groups is 3. The van der Waals surface area contributed by atoms with Crippen LogP contribution in [0.2, 0.25) is 0 Å². The zero-order valence-electron chi connectivity index (χ0n) is 23.7. The maximum Gasteiger partial charge on any atom is 0.328 e. The van der Waals surface area contributed by atoms with Crippen molar-refractivity contribution in [3.8, 4) is 0 Å². The summed E-state index contributed by atoms with van der Waals surface area (Å²) in [6, 6.07) is 0. The fourth-order valence-electron chi connectivity index (χ4n) is 6.74. The lowest BCUT2D eigenvalue weighted by atomic mass is 9.47. The zero-order chi connectivity index (χ0) is 27.8. The number of fused-ring (bicyclic) bond motifs is 1. The smallest absolute Gasteiger partial charge is 0.328 e. The fraction of sp³-hybridized carbons (Fsp3) is 0.767. The van der Waals surface area contributed by atoms with Gasteiger partial charge in [-0.05, 0) is 64.2 Å². The Balaban J connectivity index is 2.41. The van der Waals surface area contributed by atoms with Gasteiger partial charge in [0.2, 0.25) is 0 Å². The Bertz CT molecular complexity index is 888. The van der Waals surface area contributed by atoms with Crippen LogP contribution < -0.4 is 0 Å². The van der Waals surface area contributed by atoms with Gasteiger partial charge >= 0.3 is 17.9 Å². The summed E-state index contributed by atoms with van der Waals surface area (Å²) < 4.78 is 11.8. The number of carbonyl (C=O) groups excluding carboxylic acids is 2. The standard InChI is InChI=1S/C30H48O7/c1-7-9-11-26(34)36-19-30(6)24(37-27(35)12-10-8-2)15-16-29(5)22(14-13-20(3)17-25(32)33)21(4)18-23(31)28(29)30/h17,23-24,28,31H,7-16,18-19H2,1-6H3,(H,32,33)/b20-17+/t23?,24-,28?,29-,30+/m1/s1. The lowest BCUT2D eigenvalue weighted by Gasteiger charge is -2.59. The number of hydrogen-bond donors (Lipinski definition) is 2. The highest BCUT2D eigenvalue weighted by molar-refractivity contribution is 5.80. The van der Waals surface area contributed by atoms with Crippen LogP contribution in [0.3, 0.4) is 0 Å². The predicted octanol–water partition coefficient (Wildman–Crippen LogP) is 6.14. The molecule has 0 radical (unpaired) electrons. The Hall–Kier alpha value is -2.15. The lowest BCUT2D eigenvalue weighted by molar-refractivity contribution is -0.197. The number of esters is 2. The van der Waals surface area contributed by atoms with Gasteiger partial charge in [-0.1, -0.05) is 57.3 Å². The quantitative estimate of drug-likeness (QED) is 0.171. The molecular weight excluding hydrogens is 472 g/mol. The number of aliphatic carboxylic acids is 1. The number of aliphatic hydroxyl groups excluding tert-OH is 1. The first-order valence-electron chi connectivity index (χ1n) is 14.0. The molecule has 37 heavy (non-hydrogen) atoms. The van der Waals surface area contributed by atoms with E-state index in [0.29, 0.717) is 38.5 Å². The van der Waals surface area contributed by atoms with E-state index in [1.807, 2.05) is 27.7 Å². The number of rotatable bonds is 13. The lowest BCUT2D eigenvalue weighted by Crippen LogP contribution is -2.61. The van der Waals surface area contributed by atoms with E-state index in [9.17, 15) is 19.5 Å². The van der Waals surface area contributed by atoms with Crippen molar-refractivity contribution in [1.82, 2.24) is 0 Å². The summed E-state index contributed by atoms with van der Waals surface area (Å²) in [4.78, 5) is 36.3. The summed E-state index contributed by atoms with van der Waals surface area (Å²) in [6.45, 7) is 12.2. The maximum atomic E-state index is 12.7. The van der Waals surface area contributed by atoms with Crippen LogP contribution in [-0.2, 0) is 23.9 Å². The highest BCUT2D eigenvalue weighted by Gasteiger charge is 2.60. The third kappa shape index (κ3) is 7.68. The van der Waals surface area contributed by atoms with Crippen molar-refractivity contribution in [2.24, 2.45) is 16.7 Å². The first kappa shape index (κ1) is 31.1. The third-order valence-corrected chi connectivity index (χ3v) is 8.59. The van der Waals surface area contributed by atoms with Gasteiger partial charge < -0.3 is 19.7 Å². The number of carboxylic acid groups (broad SMARTS) is 1. The molecular formula is C30H48O7. The van der Waals surface area contributed by atoms with Crippen LogP contribution in [0.1, 0.15) is 112 Å². The Kier molecular flexibility index (Phi) is 11.4. The van der Waals surface area contributed by atoms with E-state index in [-0.39, 0.29) is 29.9 Å². The molecule has 1 saturated carbocycles. The van der Waals surface area contributed by atoms with Gasteiger partial charge in [0, 0.05) is 30.3 Å². The molecule has 2 aliphatic carbocycles. The number of unbranched alkanes of at least 4 members (excludes halogenated alkanes) is 2. The van der Waals surface area contributed by atoms with E-state index in [0.717, 1.165) is 43.3 Å². The molecule has 210 valence electrons. The molecule has 0 bridgehead atoms. The average Bonchev–Trinajstić information content (AvgIpc) is 2.81. The molecule has 1 fully saturated rings. The van der Waals surface area contributed by atoms with E-state index < -0.39 is 23.6 Å². The summed E-state index contributed by atoms with van der Waals surface area (Å²) in [5, 5.41) is 20.6. The molecule has 5 atom stereocenters. The molecule has 7 nitrogen and oxygen atoms in total. The van der Waals surface area contributed by atoms with Gasteiger partial charge in [0.25, 0.3) is 0 Å². The van der Waals surface area contributed by atoms with Gasteiger partial charge in [0.1, 0.15) is 12.7 Å². The number of carboxylic acids is 1. The van der Waals surface area contributed by atoms with Gasteiger partial charge in [0.15, 0.2) is 0 Å². The van der Waals surface area contributed by atoms with Crippen molar-refractivity contribution in [3.63, 3.8) is 0 Å². The van der Waals surface area contributed by atoms with Crippen molar-refractivity contribution in [1.29, 1.82) is 0 Å². The van der Waals surface area contributed by atoms with E-state index in [4.69, 9.17) is 14.6 Å². The molecule has 0 amide bonds. The molecule has 2 aliphatic rings. The van der Waals surface area contributed by atoms with Gasteiger partial charge in [-0.25, -0.2) is 4.79 Å². The Morgan fingerprint density at radius 3 is 2.27 bits per heavy atom. The van der Waals surface area contributed by atoms with Crippen molar-refractivity contribution in [3.05, 3.63) is 22.8 Å². The monoisotopic (exact) mass is 520 g/mol. The average molecular weight is 521 g/mol. The minimum Gasteiger partial charge on any atom is -0.478 e. The summed E-state index contributed by atoms with van der Waals surface area (Å²) in [5.74, 6) is -1.74. The van der Waals surface area contributed by atoms with Crippen molar-refractivity contribution >= 4 is 17.9 Å². The zero-order valence-corrected chi connectivity index (χ0v) is 23.7. The molecule has 0 saturated heterocycles. The summed E-state index contributed by atoms with van der Waals surface area (Å²) in [6.07, 6.45) is 7.28. The molecule has 2 rings (SSSR count). The van der Waals surface area contributed by atoms with Crippen molar-refractivity contribution < 1.29 is 34.1 Å². The first-order valence-corrected chi connectivity index (χ1v) is 14.0. The van der Waals surface area contributed by atoms with Gasteiger partial charge in [0.05, 0.1) is 6.10 Å². The van der Waals surface area contributed by atoms with Crippen LogP contribution in [0, 0.1) is 16.7 Å². The van der Waals surface area contributed by atoms with Crippen LogP contribution in [0.4, 0.5) is 0 Å². The number of ether oxygens (including phenoxy) is 2. The third-order valence-electron chi connectivity index (χ3n) is 8.59. The second-order valence-corrected chi connectivity index (χ2v) is 11.6. The van der Waals surface area contributed by atoms with Crippen LogP contribution in [-0.4, -0.2) is 46.9 Å². The molecule has 2 N–H and O–H groups in total. The number of aliphatic hydroxyl groups is 1. The number of allylic oxidation sites excluding steroid dienone is 2. The molecule has 0 aromatic carbocycles. The molecule has 0 aromatic heterocycles. The highest BCUT2D eigenvalue weighted by atomic mass is 16.6. The second-order valence-electron chi connectivity index (χ2n) is 11.6. The maximum absolute atomic E-state index is 12.7. The molecule has 0 aromatic rings. The van der Waals surface area contributed by atoms with E-state index in [2.05, 4.69) is 13.8 Å². The van der Waals surface area contributed by atoms with E-state index in [1.54, 1.807) is 0 Å². The molecule has 0 spiro atoms. The Morgan fingerprint density at radius 1 is 1.05 bits per heavy atom. The van der Waals surface area contributed by atoms with Gasteiger partial charge in [-0.3, -0.25) is 9.59 Å². The fourth-order valence-corrected chi connectivity index (χ4v) is 6.74. The molecule has 0 heterocycles. The van der Waals surface area contributed by atoms with E-state index in [1.165, 1.54) is 11.6 Å². The van der Waals surface area contributed by atoms with Crippen molar-refractivity contribution in [2.45, 2.75) is 124 Å². The minimum absolute atomic E-state index is 0.0862. The van der Waals surface area contributed by atoms with Crippen LogP contribution in [0.5, 0.6) is 0 Å². The largest absolute Gasteiger partial charge is 0.478 e. The van der Waals surface area contributed by atoms with Crippen LogP contribution in [0.15, 0.2) is 22.8 Å². The molecule has 0 aliphatic heterocycles. The van der Waals surface area contributed by atoms with Crippen molar-refractivity contribution in [2.75, 3.05) is 6.61 Å². The Morgan fingerprint density at radius 2 is 1.68 bits per heavy atom. The minimum atomic E-state index is -0.950. The van der Waals surface area contributed by atoms with Gasteiger partial charge in [-0.15, -0.1) is 0 Å². The second kappa shape index (κ2) is 13.6. The SMILES string of the molecule is CCCCC(=O)OC[C@]1(C)C2C(O)CC(C)=C(CC/C(C)=C/C(=O)O)[C@@]2(C)CC[C@H]1OC(=O)CCCC. The highest BCUT2D eigenvalue weighted by Crippen LogP contribution is 2.61. The summed E-state index contributed by atoms with van der Waals surface area (Å²) in [7, 11) is 0. The van der Waals surface area contributed by atoms with Crippen LogP contribution >= 0.6 is 0 Å². The molecule has 2 unspecified atom stereocenters. The van der Waals surface area contributed by atoms with Crippen LogP contribution in [0.25, 0.3) is 0 Å². The van der Waals surface area contributed by atoms with Gasteiger partial charge in [-0.2, -0.15) is 0 Å². The number of hydrogen-bond acceptors (Lipinski definition) is 6. The summed E-state index contributed by atoms with van der Waals surface area (Å²) in [5.41, 5.74) is 2.02. The summed E-state index contributed by atoms with van der Waals surface area (Å²) >= 11 is 0. The topological polar surface area (TPSA) is 110 Å². The van der Waals surface area contributed by atoms with E-state index >= 15 is 0 Å². The molecule has 7 heteroatoms.